The SMILES string of the molecule is Cc1ccc2nc(NCC(C)c3nccs3)nn2c1. The first-order chi connectivity index (χ1) is 9.22. The Morgan fingerprint density at radius 1 is 1.42 bits per heavy atom. The number of hydrogen-bond acceptors (Lipinski definition) is 5. The molecule has 98 valence electrons. The van der Waals surface area contributed by atoms with Crippen LogP contribution in [0.2, 0.25) is 0 Å². The van der Waals surface area contributed by atoms with Crippen molar-refractivity contribution in [3.05, 3.63) is 40.5 Å². The molecule has 3 heterocycles. The molecule has 3 rings (SSSR count). The Hall–Kier alpha value is -1.95. The maximum Gasteiger partial charge on any atom is 0.243 e. The number of fused-ring (bicyclic) bond motifs is 1. The summed E-state index contributed by atoms with van der Waals surface area (Å²) in [5, 5.41) is 10.8. The highest BCUT2D eigenvalue weighted by atomic mass is 32.1. The minimum Gasteiger partial charge on any atom is -0.352 e. The van der Waals surface area contributed by atoms with Crippen molar-refractivity contribution < 1.29 is 0 Å². The highest BCUT2D eigenvalue weighted by molar-refractivity contribution is 7.09. The summed E-state index contributed by atoms with van der Waals surface area (Å²) >= 11 is 1.68. The van der Waals surface area contributed by atoms with Gasteiger partial charge in [-0.1, -0.05) is 13.0 Å². The van der Waals surface area contributed by atoms with E-state index in [0.717, 1.165) is 17.2 Å². The number of nitrogens with one attached hydrogen (secondary N) is 1. The zero-order valence-corrected chi connectivity index (χ0v) is 11.7. The molecule has 0 bridgehead atoms. The van der Waals surface area contributed by atoms with E-state index in [-0.39, 0.29) is 0 Å². The molecule has 19 heavy (non-hydrogen) atoms. The lowest BCUT2D eigenvalue weighted by Gasteiger charge is -2.07. The van der Waals surface area contributed by atoms with Crippen LogP contribution in [0.4, 0.5) is 5.95 Å². The smallest absolute Gasteiger partial charge is 0.243 e. The van der Waals surface area contributed by atoms with Gasteiger partial charge in [0, 0.05) is 30.2 Å². The standard InChI is InChI=1S/C13H15N5S/c1-9-3-4-11-16-13(17-18(11)8-9)15-7-10(2)12-14-5-6-19-12/h3-6,8,10H,7H2,1-2H3,(H,15,17). The van der Waals surface area contributed by atoms with Crippen LogP contribution in [0.15, 0.2) is 29.9 Å². The zero-order chi connectivity index (χ0) is 13.2. The van der Waals surface area contributed by atoms with E-state index in [9.17, 15) is 0 Å². The quantitative estimate of drug-likeness (QED) is 0.794. The molecule has 0 aliphatic heterocycles. The van der Waals surface area contributed by atoms with Gasteiger partial charge in [0.1, 0.15) is 0 Å². The van der Waals surface area contributed by atoms with Gasteiger partial charge in [-0.05, 0) is 18.6 Å². The van der Waals surface area contributed by atoms with Gasteiger partial charge in [-0.3, -0.25) is 0 Å². The van der Waals surface area contributed by atoms with Crippen LogP contribution in [0.3, 0.4) is 0 Å². The van der Waals surface area contributed by atoms with E-state index in [1.165, 1.54) is 5.56 Å². The lowest BCUT2D eigenvalue weighted by Crippen LogP contribution is -2.10. The van der Waals surface area contributed by atoms with Crippen LogP contribution in [-0.4, -0.2) is 26.1 Å². The summed E-state index contributed by atoms with van der Waals surface area (Å²) in [4.78, 5) is 8.75. The number of aryl methyl sites for hydroxylation is 1. The van der Waals surface area contributed by atoms with Crippen LogP contribution in [0.5, 0.6) is 0 Å². The van der Waals surface area contributed by atoms with E-state index in [1.807, 2.05) is 36.8 Å². The van der Waals surface area contributed by atoms with Gasteiger partial charge in [-0.2, -0.15) is 4.98 Å². The molecule has 3 aromatic heterocycles. The Kier molecular flexibility index (Phi) is 3.16. The molecule has 0 radical (unpaired) electrons. The van der Waals surface area contributed by atoms with Gasteiger partial charge in [-0.25, -0.2) is 9.50 Å². The van der Waals surface area contributed by atoms with E-state index >= 15 is 0 Å². The number of thiazole rings is 1. The molecule has 0 saturated heterocycles. The maximum atomic E-state index is 4.43. The summed E-state index contributed by atoms with van der Waals surface area (Å²) < 4.78 is 1.80. The van der Waals surface area contributed by atoms with Crippen molar-refractivity contribution in [2.75, 3.05) is 11.9 Å². The van der Waals surface area contributed by atoms with Crippen molar-refractivity contribution >= 4 is 22.9 Å². The first kappa shape index (κ1) is 12.1. The van der Waals surface area contributed by atoms with Crippen LogP contribution in [0.1, 0.15) is 23.4 Å². The molecule has 6 heteroatoms. The van der Waals surface area contributed by atoms with Crippen molar-refractivity contribution in [2.24, 2.45) is 0 Å². The van der Waals surface area contributed by atoms with Crippen LogP contribution < -0.4 is 5.32 Å². The average molecular weight is 273 g/mol. The van der Waals surface area contributed by atoms with Gasteiger partial charge in [0.25, 0.3) is 0 Å². The molecule has 1 atom stereocenters. The molecule has 0 saturated carbocycles. The molecule has 3 aromatic rings. The number of aromatic nitrogens is 4. The number of anilines is 1. The van der Waals surface area contributed by atoms with Gasteiger partial charge in [0.15, 0.2) is 5.65 Å². The van der Waals surface area contributed by atoms with Crippen molar-refractivity contribution in [1.29, 1.82) is 0 Å². The second-order valence-electron chi connectivity index (χ2n) is 4.60. The molecule has 1 N–H and O–H groups in total. The topological polar surface area (TPSA) is 55.1 Å². The van der Waals surface area contributed by atoms with Crippen molar-refractivity contribution in [2.45, 2.75) is 19.8 Å². The van der Waals surface area contributed by atoms with Crippen molar-refractivity contribution in [3.63, 3.8) is 0 Å². The Labute approximate surface area is 115 Å². The monoisotopic (exact) mass is 273 g/mol. The third kappa shape index (κ3) is 2.58. The first-order valence-corrected chi connectivity index (χ1v) is 7.06. The molecular formula is C13H15N5S. The highest BCUT2D eigenvalue weighted by Gasteiger charge is 2.09. The molecule has 0 aromatic carbocycles. The summed E-state index contributed by atoms with van der Waals surface area (Å²) in [6.07, 6.45) is 3.81. The minimum atomic E-state index is 0.355. The minimum absolute atomic E-state index is 0.355. The fourth-order valence-corrected chi connectivity index (χ4v) is 2.57. The van der Waals surface area contributed by atoms with Gasteiger partial charge < -0.3 is 5.32 Å². The highest BCUT2D eigenvalue weighted by Crippen LogP contribution is 2.17. The normalized spacial score (nSPS) is 12.7. The van der Waals surface area contributed by atoms with Crippen molar-refractivity contribution in [1.82, 2.24) is 19.6 Å². The molecular weight excluding hydrogens is 258 g/mol. The summed E-state index contributed by atoms with van der Waals surface area (Å²) in [6, 6.07) is 4.00. The summed E-state index contributed by atoms with van der Waals surface area (Å²) in [6.45, 7) is 4.97. The van der Waals surface area contributed by atoms with Crippen LogP contribution in [0, 0.1) is 6.92 Å². The van der Waals surface area contributed by atoms with Crippen LogP contribution >= 0.6 is 11.3 Å². The number of hydrogen-bond donors (Lipinski definition) is 1. The van der Waals surface area contributed by atoms with E-state index in [0.29, 0.717) is 11.9 Å². The van der Waals surface area contributed by atoms with Gasteiger partial charge in [0.05, 0.1) is 5.01 Å². The Balaban J connectivity index is 1.71. The van der Waals surface area contributed by atoms with E-state index < -0.39 is 0 Å². The number of pyridine rings is 1. The molecule has 5 nitrogen and oxygen atoms in total. The summed E-state index contributed by atoms with van der Waals surface area (Å²) in [5.41, 5.74) is 2.02. The van der Waals surface area contributed by atoms with Crippen molar-refractivity contribution in [3.8, 4) is 0 Å². The predicted octanol–water partition coefficient (Wildman–Crippen LogP) is 2.71. The summed E-state index contributed by atoms with van der Waals surface area (Å²) in [5.74, 6) is 1.02. The fraction of sp³-hybridized carbons (Fsp3) is 0.308. The largest absolute Gasteiger partial charge is 0.352 e. The van der Waals surface area contributed by atoms with E-state index in [1.54, 1.807) is 15.9 Å². The van der Waals surface area contributed by atoms with Gasteiger partial charge in [-0.15, -0.1) is 16.4 Å². The zero-order valence-electron chi connectivity index (χ0n) is 10.9. The molecule has 0 aliphatic carbocycles. The van der Waals surface area contributed by atoms with Gasteiger partial charge in [0.2, 0.25) is 5.95 Å². The lowest BCUT2D eigenvalue weighted by atomic mass is 10.2. The van der Waals surface area contributed by atoms with Crippen LogP contribution in [0.25, 0.3) is 5.65 Å². The van der Waals surface area contributed by atoms with E-state index in [2.05, 4.69) is 27.3 Å². The summed E-state index contributed by atoms with van der Waals surface area (Å²) in [7, 11) is 0. The first-order valence-electron chi connectivity index (χ1n) is 6.18. The molecule has 0 amide bonds. The van der Waals surface area contributed by atoms with E-state index in [4.69, 9.17) is 0 Å². The number of nitrogens with zero attached hydrogens (tertiary/aromatic N) is 4. The maximum absolute atomic E-state index is 4.43. The number of rotatable bonds is 4. The molecule has 0 spiro atoms. The Bertz CT molecular complexity index is 673. The third-order valence-electron chi connectivity index (χ3n) is 2.92. The molecule has 0 aliphatic rings. The second-order valence-corrected chi connectivity index (χ2v) is 5.52. The predicted molar refractivity (Wildman–Crippen MR) is 76.7 cm³/mol. The van der Waals surface area contributed by atoms with Crippen LogP contribution in [-0.2, 0) is 0 Å². The van der Waals surface area contributed by atoms with Gasteiger partial charge >= 0.3 is 0 Å². The fourth-order valence-electron chi connectivity index (χ4n) is 1.87. The third-order valence-corrected chi connectivity index (χ3v) is 3.93. The molecule has 0 fully saturated rings. The molecule has 1 unspecified atom stereocenters. The Morgan fingerprint density at radius 2 is 2.32 bits per heavy atom. The second kappa shape index (κ2) is 4.97. The lowest BCUT2D eigenvalue weighted by molar-refractivity contribution is 0.786. The Morgan fingerprint density at radius 3 is 3.11 bits per heavy atom. The average Bonchev–Trinajstić information content (AvgIpc) is 3.04.